The molecule has 1 unspecified atom stereocenters. The average molecular weight is 629 g/mol. The first-order chi connectivity index (χ1) is 24.3. The Hall–Kier alpha value is -6.59. The highest BCUT2D eigenvalue weighted by atomic mass is 16.3. The van der Waals surface area contributed by atoms with E-state index in [-0.39, 0.29) is 6.17 Å². The van der Waals surface area contributed by atoms with E-state index >= 15 is 0 Å². The first-order valence-corrected chi connectivity index (χ1v) is 16.7. The van der Waals surface area contributed by atoms with Crippen LogP contribution in [0.15, 0.2) is 167 Å². The molecule has 0 saturated heterocycles. The molecule has 1 aliphatic rings. The number of fused-ring (bicyclic) bond motifs is 10. The minimum absolute atomic E-state index is 0.268. The number of amidine groups is 1. The number of nitrogens with one attached hydrogen (secondary N) is 1. The van der Waals surface area contributed by atoms with E-state index in [1.807, 2.05) is 12.1 Å². The number of hydrogen-bond acceptors (Lipinski definition) is 3. The predicted octanol–water partition coefficient (Wildman–Crippen LogP) is 11.0. The van der Waals surface area contributed by atoms with Crippen LogP contribution in [0.5, 0.6) is 0 Å². The summed E-state index contributed by atoms with van der Waals surface area (Å²) in [6, 6.07) is 56.1. The van der Waals surface area contributed by atoms with Crippen molar-refractivity contribution in [1.29, 1.82) is 0 Å². The van der Waals surface area contributed by atoms with E-state index in [9.17, 15) is 0 Å². The third-order valence-corrected chi connectivity index (χ3v) is 10.2. The van der Waals surface area contributed by atoms with Crippen molar-refractivity contribution >= 4 is 77.1 Å². The van der Waals surface area contributed by atoms with Gasteiger partial charge >= 0.3 is 0 Å². The number of aliphatic imine (C=N–C) groups is 1. The smallest absolute Gasteiger partial charge is 0.229 e. The van der Waals surface area contributed by atoms with Crippen molar-refractivity contribution in [2.24, 2.45) is 4.99 Å². The molecule has 4 heterocycles. The molecule has 10 aromatic rings. The molecule has 0 amide bonds. The van der Waals surface area contributed by atoms with Gasteiger partial charge in [-0.05, 0) is 71.4 Å². The average Bonchev–Trinajstić information content (AvgIpc) is 3.81. The summed E-state index contributed by atoms with van der Waals surface area (Å²) < 4.78 is 11.3. The van der Waals surface area contributed by atoms with Gasteiger partial charge < -0.3 is 18.9 Å². The van der Waals surface area contributed by atoms with Gasteiger partial charge in [-0.1, -0.05) is 97.1 Å². The molecule has 230 valence electrons. The van der Waals surface area contributed by atoms with Crippen molar-refractivity contribution in [3.63, 3.8) is 0 Å². The maximum absolute atomic E-state index is 6.54. The highest BCUT2D eigenvalue weighted by Crippen LogP contribution is 2.44. The highest BCUT2D eigenvalue weighted by molar-refractivity contribution is 6.15. The zero-order valence-electron chi connectivity index (χ0n) is 26.3. The van der Waals surface area contributed by atoms with Crippen LogP contribution in [0.3, 0.4) is 0 Å². The summed E-state index contributed by atoms with van der Waals surface area (Å²) in [5, 5.41) is 12.3. The fourth-order valence-electron chi connectivity index (χ4n) is 8.01. The summed E-state index contributed by atoms with van der Waals surface area (Å²) in [6.45, 7) is 0. The van der Waals surface area contributed by atoms with E-state index in [1.165, 1.54) is 37.8 Å². The number of nitrogens with zero attached hydrogens (tertiary/aromatic N) is 3. The molecule has 0 fully saturated rings. The van der Waals surface area contributed by atoms with Gasteiger partial charge in [0.25, 0.3) is 0 Å². The lowest BCUT2D eigenvalue weighted by molar-refractivity contribution is 0.549. The Morgan fingerprint density at radius 1 is 0.510 bits per heavy atom. The summed E-state index contributed by atoms with van der Waals surface area (Å²) in [5.74, 6) is 1.42. The van der Waals surface area contributed by atoms with Gasteiger partial charge in [0.2, 0.25) is 5.88 Å². The van der Waals surface area contributed by atoms with Crippen LogP contribution in [0.2, 0.25) is 0 Å². The van der Waals surface area contributed by atoms with Gasteiger partial charge in [-0.3, -0.25) is 0 Å². The van der Waals surface area contributed by atoms with Crippen molar-refractivity contribution in [3.05, 3.63) is 169 Å². The summed E-state index contributed by atoms with van der Waals surface area (Å²) in [5.41, 5.74) is 8.66. The first kappa shape index (κ1) is 26.5. The molecule has 3 aromatic heterocycles. The molecule has 0 bridgehead atoms. The Morgan fingerprint density at radius 2 is 1.14 bits per heavy atom. The third-order valence-electron chi connectivity index (χ3n) is 10.2. The van der Waals surface area contributed by atoms with Gasteiger partial charge in [0.15, 0.2) is 0 Å². The number of rotatable bonds is 3. The topological polar surface area (TPSA) is 47.4 Å². The second kappa shape index (κ2) is 9.96. The van der Waals surface area contributed by atoms with Crippen LogP contribution in [0.4, 0.5) is 5.88 Å². The third kappa shape index (κ3) is 3.78. The SMILES string of the molecule is c1ccc(-n2c3ccccc3c3cc(C4=Nc5oc6ccccc6c5C(n5c6ccccc6c6cc7ccccc7cc65)N4)ccc32)cc1. The van der Waals surface area contributed by atoms with Gasteiger partial charge in [-0.2, -0.15) is 4.99 Å². The van der Waals surface area contributed by atoms with Crippen LogP contribution in [-0.2, 0) is 0 Å². The van der Waals surface area contributed by atoms with Crippen LogP contribution in [0.25, 0.3) is 71.0 Å². The lowest BCUT2D eigenvalue weighted by atomic mass is 10.0. The largest absolute Gasteiger partial charge is 0.438 e. The van der Waals surface area contributed by atoms with Crippen molar-refractivity contribution in [2.75, 3.05) is 0 Å². The zero-order chi connectivity index (χ0) is 32.1. The molecule has 5 nitrogen and oxygen atoms in total. The molecular weight excluding hydrogens is 601 g/mol. The molecule has 1 atom stereocenters. The van der Waals surface area contributed by atoms with Crippen LogP contribution in [-0.4, -0.2) is 15.0 Å². The Kier molecular flexibility index (Phi) is 5.38. The van der Waals surface area contributed by atoms with Crippen molar-refractivity contribution < 1.29 is 4.42 Å². The van der Waals surface area contributed by atoms with Gasteiger partial charge in [-0.15, -0.1) is 0 Å². The molecule has 1 N–H and O–H groups in total. The van der Waals surface area contributed by atoms with E-state index in [0.717, 1.165) is 50.2 Å². The van der Waals surface area contributed by atoms with E-state index in [4.69, 9.17) is 9.41 Å². The maximum Gasteiger partial charge on any atom is 0.229 e. The maximum atomic E-state index is 6.54. The second-order valence-corrected chi connectivity index (χ2v) is 12.8. The number of hydrogen-bond donors (Lipinski definition) is 1. The normalized spacial score (nSPS) is 14.6. The second-order valence-electron chi connectivity index (χ2n) is 12.8. The van der Waals surface area contributed by atoms with Crippen molar-refractivity contribution in [1.82, 2.24) is 14.5 Å². The van der Waals surface area contributed by atoms with Crippen molar-refractivity contribution in [2.45, 2.75) is 6.17 Å². The Morgan fingerprint density at radius 3 is 1.98 bits per heavy atom. The highest BCUT2D eigenvalue weighted by Gasteiger charge is 2.32. The first-order valence-electron chi connectivity index (χ1n) is 16.7. The minimum atomic E-state index is -0.268. The lowest BCUT2D eigenvalue weighted by Gasteiger charge is -2.28. The summed E-state index contributed by atoms with van der Waals surface area (Å²) in [4.78, 5) is 5.19. The van der Waals surface area contributed by atoms with Gasteiger partial charge in [0.1, 0.15) is 17.6 Å². The quantitative estimate of drug-likeness (QED) is 0.212. The zero-order valence-corrected chi connectivity index (χ0v) is 26.3. The van der Waals surface area contributed by atoms with Crippen LogP contribution < -0.4 is 5.32 Å². The summed E-state index contributed by atoms with van der Waals surface area (Å²) >= 11 is 0. The van der Waals surface area contributed by atoms with Gasteiger partial charge in [-0.25, -0.2) is 0 Å². The summed E-state index contributed by atoms with van der Waals surface area (Å²) in [7, 11) is 0. The molecule has 0 saturated carbocycles. The molecule has 0 aliphatic carbocycles. The standard InChI is InChI=1S/C44H28N4O/c1-2-14-30(15-3-1)47-36-19-9-6-16-31(36)34-25-29(22-23-38(34)47)42-45-43(41-33-18-8-11-21-40(33)49-44(41)46-42)48-37-20-10-7-17-32(37)35-24-27-12-4-5-13-28(27)26-39(35)48/h1-26,43H,(H,45,46). The van der Waals surface area contributed by atoms with E-state index in [1.54, 1.807) is 0 Å². The molecule has 0 spiro atoms. The fourth-order valence-corrected chi connectivity index (χ4v) is 8.01. The number of furan rings is 1. The molecule has 11 rings (SSSR count). The Bertz CT molecular complexity index is 2980. The fraction of sp³-hybridized carbons (Fsp3) is 0.0227. The van der Waals surface area contributed by atoms with Crippen molar-refractivity contribution in [3.8, 4) is 5.69 Å². The number of benzene rings is 7. The lowest BCUT2D eigenvalue weighted by Crippen LogP contribution is -2.36. The van der Waals surface area contributed by atoms with Gasteiger partial charge in [0, 0.05) is 38.2 Å². The van der Waals surface area contributed by atoms with Crippen LogP contribution >= 0.6 is 0 Å². The number of aromatic nitrogens is 2. The van der Waals surface area contributed by atoms with Crippen LogP contribution in [0, 0.1) is 0 Å². The van der Waals surface area contributed by atoms with E-state index < -0.39 is 0 Å². The molecule has 5 heteroatoms. The van der Waals surface area contributed by atoms with E-state index in [0.29, 0.717) is 5.88 Å². The van der Waals surface area contributed by atoms with E-state index in [2.05, 4.69) is 160 Å². The molecule has 1 aliphatic heterocycles. The Balaban J connectivity index is 1.17. The number of para-hydroxylation sites is 4. The minimum Gasteiger partial charge on any atom is -0.438 e. The molecule has 49 heavy (non-hydrogen) atoms. The predicted molar refractivity (Wildman–Crippen MR) is 201 cm³/mol. The Labute approximate surface area is 280 Å². The monoisotopic (exact) mass is 628 g/mol. The molecule has 7 aromatic carbocycles. The molecular formula is C44H28N4O. The van der Waals surface area contributed by atoms with Crippen LogP contribution in [0.1, 0.15) is 17.3 Å². The summed E-state index contributed by atoms with van der Waals surface area (Å²) in [6.07, 6.45) is -0.268. The molecule has 0 radical (unpaired) electrons. The van der Waals surface area contributed by atoms with Gasteiger partial charge in [0.05, 0.1) is 27.6 Å².